The minimum absolute atomic E-state index is 0.0270. The molecule has 2 fully saturated rings. The average molecular weight is 335 g/mol. The van der Waals surface area contributed by atoms with Gasteiger partial charge >= 0.3 is 0 Å². The summed E-state index contributed by atoms with van der Waals surface area (Å²) in [6.07, 6.45) is 14.7. The predicted molar refractivity (Wildman–Crippen MR) is 95.8 cm³/mol. The van der Waals surface area contributed by atoms with Crippen LogP contribution < -0.4 is 5.73 Å². The van der Waals surface area contributed by atoms with Crippen LogP contribution in [0, 0.1) is 5.92 Å². The Balaban J connectivity index is 1.68. The largest absolute Gasteiger partial charge is 0.375 e. The van der Waals surface area contributed by atoms with Gasteiger partial charge in [-0.2, -0.15) is 0 Å². The van der Waals surface area contributed by atoms with E-state index in [1.165, 1.54) is 62.7 Å². The molecule has 2 saturated carbocycles. The van der Waals surface area contributed by atoms with Crippen molar-refractivity contribution in [2.75, 3.05) is 13.7 Å². The van der Waals surface area contributed by atoms with Crippen molar-refractivity contribution in [1.82, 2.24) is 4.90 Å². The van der Waals surface area contributed by atoms with Gasteiger partial charge in [-0.25, -0.2) is 4.99 Å². The molecule has 0 aromatic rings. The molecule has 0 bridgehead atoms. The lowest BCUT2D eigenvalue weighted by atomic mass is 9.79. The number of hydrogen-bond donors (Lipinski definition) is 1. The maximum absolute atomic E-state index is 12.9. The Morgan fingerprint density at radius 3 is 2.25 bits per heavy atom. The highest BCUT2D eigenvalue weighted by Gasteiger charge is 2.48. The van der Waals surface area contributed by atoms with E-state index < -0.39 is 5.54 Å². The smallest absolute Gasteiger partial charge is 0.259 e. The molecular formula is C19H33N3O2. The van der Waals surface area contributed by atoms with Gasteiger partial charge in [0, 0.05) is 7.05 Å². The molecule has 1 amide bonds. The minimum Gasteiger partial charge on any atom is -0.375 e. The number of nitrogens with zero attached hydrogens (tertiary/aromatic N) is 2. The molecule has 0 aromatic carbocycles. The van der Waals surface area contributed by atoms with Gasteiger partial charge in [0.1, 0.15) is 0 Å². The number of nitrogens with two attached hydrogens (primary N) is 1. The van der Waals surface area contributed by atoms with E-state index in [1.54, 1.807) is 7.05 Å². The van der Waals surface area contributed by atoms with Crippen molar-refractivity contribution in [2.24, 2.45) is 16.6 Å². The predicted octanol–water partition coefficient (Wildman–Crippen LogP) is 3.22. The molecule has 3 rings (SSSR count). The van der Waals surface area contributed by atoms with E-state index in [9.17, 15) is 4.79 Å². The third-order valence-electron chi connectivity index (χ3n) is 6.09. The summed E-state index contributed by atoms with van der Waals surface area (Å²) in [6.45, 7) is 0.401. The van der Waals surface area contributed by atoms with Gasteiger partial charge in [0.05, 0.1) is 12.7 Å². The fourth-order valence-corrected chi connectivity index (χ4v) is 4.58. The van der Waals surface area contributed by atoms with Crippen molar-refractivity contribution in [3.8, 4) is 0 Å². The molecule has 24 heavy (non-hydrogen) atoms. The van der Waals surface area contributed by atoms with E-state index >= 15 is 0 Å². The van der Waals surface area contributed by atoms with E-state index in [2.05, 4.69) is 4.99 Å². The standard InChI is InChI=1S/C19H33N3O2/c1-22-17(23)19(21-18(22)20,13-15-9-5-4-6-10-15)14-24-16-11-7-2-3-8-12-16/h15-16H,2-14H2,1H3,(H2,20,21). The molecule has 1 atom stereocenters. The number of carbonyl (C=O) groups excluding carboxylic acids is 1. The minimum atomic E-state index is -0.771. The number of amides is 1. The lowest BCUT2D eigenvalue weighted by Gasteiger charge is -2.32. The monoisotopic (exact) mass is 335 g/mol. The summed E-state index contributed by atoms with van der Waals surface area (Å²) in [7, 11) is 1.73. The van der Waals surface area contributed by atoms with Crippen molar-refractivity contribution in [2.45, 2.75) is 88.7 Å². The number of likely N-dealkylation sites (N-methyl/N-ethyl adjacent to an activating group) is 1. The summed E-state index contributed by atoms with van der Waals surface area (Å²) in [5.41, 5.74) is 5.21. The quantitative estimate of drug-likeness (QED) is 0.784. The van der Waals surface area contributed by atoms with E-state index in [0.717, 1.165) is 19.3 Å². The molecular weight excluding hydrogens is 302 g/mol. The van der Waals surface area contributed by atoms with E-state index in [0.29, 0.717) is 18.5 Å². The van der Waals surface area contributed by atoms with Crippen molar-refractivity contribution in [3.63, 3.8) is 0 Å². The number of hydrogen-bond acceptors (Lipinski definition) is 4. The molecule has 2 aliphatic carbocycles. The van der Waals surface area contributed by atoms with E-state index in [4.69, 9.17) is 10.5 Å². The first-order valence-electron chi connectivity index (χ1n) is 9.86. The van der Waals surface area contributed by atoms with Crippen LogP contribution in [0.15, 0.2) is 4.99 Å². The fraction of sp³-hybridized carbons (Fsp3) is 0.895. The highest BCUT2D eigenvalue weighted by Crippen LogP contribution is 2.36. The summed E-state index contributed by atoms with van der Waals surface area (Å²) in [5, 5.41) is 0. The van der Waals surface area contributed by atoms with Crippen LogP contribution in [0.4, 0.5) is 0 Å². The SMILES string of the molecule is CN1C(=O)C(COC2CCCCCC2)(CC2CCCCC2)N=C1N. The zero-order valence-corrected chi connectivity index (χ0v) is 15.1. The number of ether oxygens (including phenoxy) is 1. The third-order valence-corrected chi connectivity index (χ3v) is 6.09. The average Bonchev–Trinajstić information content (AvgIpc) is 2.81. The van der Waals surface area contributed by atoms with Gasteiger partial charge in [0.2, 0.25) is 0 Å². The molecule has 0 radical (unpaired) electrons. The zero-order valence-electron chi connectivity index (χ0n) is 15.1. The normalized spacial score (nSPS) is 30.5. The number of rotatable bonds is 5. The Hall–Kier alpha value is -1.10. The molecule has 0 aromatic heterocycles. The first kappa shape index (κ1) is 17.7. The van der Waals surface area contributed by atoms with Gasteiger partial charge in [-0.15, -0.1) is 0 Å². The molecule has 2 N–H and O–H groups in total. The second kappa shape index (κ2) is 7.85. The molecule has 1 heterocycles. The summed E-state index contributed by atoms with van der Waals surface area (Å²) in [6, 6.07) is 0. The van der Waals surface area contributed by atoms with Crippen LogP contribution in [-0.2, 0) is 9.53 Å². The second-order valence-electron chi connectivity index (χ2n) is 8.00. The number of aliphatic imine (C=N–C) groups is 1. The summed E-state index contributed by atoms with van der Waals surface area (Å²) in [5.74, 6) is 0.947. The van der Waals surface area contributed by atoms with Crippen molar-refractivity contribution in [1.29, 1.82) is 0 Å². The van der Waals surface area contributed by atoms with E-state index in [-0.39, 0.29) is 12.0 Å². The van der Waals surface area contributed by atoms with Crippen molar-refractivity contribution in [3.05, 3.63) is 0 Å². The van der Waals surface area contributed by atoms with Crippen LogP contribution in [-0.4, -0.2) is 42.1 Å². The van der Waals surface area contributed by atoms with Gasteiger partial charge in [-0.1, -0.05) is 57.8 Å². The van der Waals surface area contributed by atoms with Crippen LogP contribution in [0.2, 0.25) is 0 Å². The molecule has 0 spiro atoms. The van der Waals surface area contributed by atoms with Gasteiger partial charge in [-0.3, -0.25) is 9.69 Å². The number of carbonyl (C=O) groups is 1. The maximum Gasteiger partial charge on any atom is 0.259 e. The highest BCUT2D eigenvalue weighted by atomic mass is 16.5. The lowest BCUT2D eigenvalue weighted by molar-refractivity contribution is -0.134. The van der Waals surface area contributed by atoms with E-state index in [1.807, 2.05) is 0 Å². The van der Waals surface area contributed by atoms with Crippen molar-refractivity contribution < 1.29 is 9.53 Å². The fourth-order valence-electron chi connectivity index (χ4n) is 4.58. The molecule has 1 aliphatic heterocycles. The van der Waals surface area contributed by atoms with Crippen LogP contribution in [0.5, 0.6) is 0 Å². The summed E-state index contributed by atoms with van der Waals surface area (Å²) < 4.78 is 6.25. The zero-order chi connectivity index (χ0) is 17.0. The molecule has 5 nitrogen and oxygen atoms in total. The Kier molecular flexibility index (Phi) is 5.80. The molecule has 0 saturated heterocycles. The molecule has 1 unspecified atom stereocenters. The Morgan fingerprint density at radius 1 is 1.08 bits per heavy atom. The maximum atomic E-state index is 12.9. The Morgan fingerprint density at radius 2 is 1.67 bits per heavy atom. The first-order chi connectivity index (χ1) is 11.6. The second-order valence-corrected chi connectivity index (χ2v) is 8.00. The van der Waals surface area contributed by atoms with Crippen LogP contribution in [0.3, 0.4) is 0 Å². The Labute approximate surface area is 146 Å². The van der Waals surface area contributed by atoms with Gasteiger partial charge in [-0.05, 0) is 25.2 Å². The van der Waals surface area contributed by atoms with Gasteiger partial charge < -0.3 is 10.5 Å². The van der Waals surface area contributed by atoms with Gasteiger partial charge in [0.15, 0.2) is 11.5 Å². The van der Waals surface area contributed by atoms with Crippen LogP contribution in [0.1, 0.15) is 77.0 Å². The topological polar surface area (TPSA) is 67.9 Å². The van der Waals surface area contributed by atoms with Crippen molar-refractivity contribution >= 4 is 11.9 Å². The highest BCUT2D eigenvalue weighted by molar-refractivity contribution is 6.06. The van der Waals surface area contributed by atoms with Crippen LogP contribution >= 0.6 is 0 Å². The lowest BCUT2D eigenvalue weighted by Crippen LogP contribution is -2.47. The first-order valence-corrected chi connectivity index (χ1v) is 9.86. The Bertz CT molecular complexity index is 465. The molecule has 136 valence electrons. The summed E-state index contributed by atoms with van der Waals surface area (Å²) >= 11 is 0. The van der Waals surface area contributed by atoms with Crippen LogP contribution in [0.25, 0.3) is 0 Å². The molecule has 3 aliphatic rings. The molecule has 5 heteroatoms. The summed E-state index contributed by atoms with van der Waals surface area (Å²) in [4.78, 5) is 19.0. The third kappa shape index (κ3) is 3.93. The van der Waals surface area contributed by atoms with Gasteiger partial charge in [0.25, 0.3) is 5.91 Å². The number of guanidine groups is 1.